The third-order valence-electron chi connectivity index (χ3n) is 4.26. The minimum atomic E-state index is -1.49. The molecule has 0 atom stereocenters. The quantitative estimate of drug-likeness (QED) is 0.590. The number of rotatable bonds is 0. The summed E-state index contributed by atoms with van der Waals surface area (Å²) in [5.41, 5.74) is 4.13. The summed E-state index contributed by atoms with van der Waals surface area (Å²) in [5, 5.41) is 4.49. The number of hydrogen-bond donors (Lipinski definition) is 1. The third-order valence-corrected chi connectivity index (χ3v) is 7.80. The highest BCUT2D eigenvalue weighted by Crippen LogP contribution is 2.30. The summed E-state index contributed by atoms with van der Waals surface area (Å²) in [4.78, 5) is 3.32. The molecule has 1 aliphatic heterocycles. The molecule has 0 unspecified atom stereocenters. The van der Waals surface area contributed by atoms with Gasteiger partial charge in [-0.2, -0.15) is 0 Å². The Morgan fingerprint density at radius 3 is 2.61 bits per heavy atom. The van der Waals surface area contributed by atoms with E-state index in [0.717, 1.165) is 0 Å². The number of aromatic amines is 1. The van der Waals surface area contributed by atoms with Gasteiger partial charge in [-0.05, 0) is 39.0 Å². The third kappa shape index (κ3) is 1.11. The van der Waals surface area contributed by atoms with Crippen LogP contribution >= 0.6 is 0 Å². The monoisotopic (exact) mass is 249 g/mol. The second kappa shape index (κ2) is 3.15. The van der Waals surface area contributed by atoms with Crippen molar-refractivity contribution in [1.29, 1.82) is 0 Å². The maximum absolute atomic E-state index is 3.32. The zero-order chi connectivity index (χ0) is 12.3. The Morgan fingerprint density at radius 1 is 0.889 bits per heavy atom. The molecule has 0 radical (unpaired) electrons. The first-order valence-corrected chi connectivity index (χ1v) is 9.39. The zero-order valence-electron chi connectivity index (χ0n) is 10.6. The number of aromatic nitrogens is 1. The summed E-state index contributed by atoms with van der Waals surface area (Å²) in [6, 6.07) is 15.8. The lowest BCUT2D eigenvalue weighted by Crippen LogP contribution is -2.49. The van der Waals surface area contributed by atoms with Crippen molar-refractivity contribution in [2.45, 2.75) is 13.1 Å². The summed E-state index contributed by atoms with van der Waals surface area (Å²) in [6.45, 7) is 4.91. The molecule has 0 spiro atoms. The van der Waals surface area contributed by atoms with E-state index < -0.39 is 8.07 Å². The van der Waals surface area contributed by atoms with Gasteiger partial charge in [0, 0.05) is 11.7 Å². The van der Waals surface area contributed by atoms with Crippen molar-refractivity contribution in [2.24, 2.45) is 0 Å². The number of hydrogen-bond acceptors (Lipinski definition) is 0. The Balaban J connectivity index is 2.16. The fraction of sp³-hybridized carbons (Fsp3) is 0.125. The number of nitrogens with one attached hydrogen (secondary N) is 1. The molecule has 18 heavy (non-hydrogen) atoms. The standard InChI is InChI=1S/C16H15NSi/c1-18(2)15-6-4-3-5-12(15)13-10-14-11(7-8-17-14)9-16(13)18/h3-10,17H,1-2H3. The van der Waals surface area contributed by atoms with Crippen molar-refractivity contribution in [3.63, 3.8) is 0 Å². The Labute approximate surface area is 107 Å². The number of benzene rings is 2. The van der Waals surface area contributed by atoms with E-state index in [1.54, 1.807) is 10.4 Å². The maximum atomic E-state index is 3.32. The SMILES string of the molecule is C[Si]1(C)c2ccccc2-c2cc3[nH]ccc3cc21. The van der Waals surface area contributed by atoms with Crippen LogP contribution in [-0.4, -0.2) is 13.1 Å². The molecular weight excluding hydrogens is 234 g/mol. The molecule has 0 bridgehead atoms. The van der Waals surface area contributed by atoms with E-state index >= 15 is 0 Å². The molecule has 88 valence electrons. The Kier molecular flexibility index (Phi) is 1.77. The molecular formula is C16H15NSi. The Morgan fingerprint density at radius 2 is 1.72 bits per heavy atom. The van der Waals surface area contributed by atoms with Crippen LogP contribution in [0.2, 0.25) is 13.1 Å². The van der Waals surface area contributed by atoms with Crippen molar-refractivity contribution in [1.82, 2.24) is 4.98 Å². The maximum Gasteiger partial charge on any atom is 0.113 e. The van der Waals surface area contributed by atoms with Crippen LogP contribution in [0, 0.1) is 0 Å². The van der Waals surface area contributed by atoms with E-state index in [4.69, 9.17) is 0 Å². The van der Waals surface area contributed by atoms with E-state index in [9.17, 15) is 0 Å². The average Bonchev–Trinajstić information content (AvgIpc) is 2.91. The highest BCUT2D eigenvalue weighted by atomic mass is 28.3. The molecule has 0 saturated heterocycles. The molecule has 0 fully saturated rings. The van der Waals surface area contributed by atoms with E-state index in [1.807, 2.05) is 6.20 Å². The molecule has 0 saturated carbocycles. The summed E-state index contributed by atoms with van der Waals surface area (Å²) >= 11 is 0. The van der Waals surface area contributed by atoms with Crippen LogP contribution in [0.5, 0.6) is 0 Å². The molecule has 4 rings (SSSR count). The lowest BCUT2D eigenvalue weighted by atomic mass is 10.0. The molecule has 0 amide bonds. The lowest BCUT2D eigenvalue weighted by molar-refractivity contribution is 1.48. The second-order valence-corrected chi connectivity index (χ2v) is 9.96. The molecule has 1 nitrogen and oxygen atoms in total. The van der Waals surface area contributed by atoms with Crippen LogP contribution in [-0.2, 0) is 0 Å². The van der Waals surface area contributed by atoms with Crippen LogP contribution in [0.3, 0.4) is 0 Å². The van der Waals surface area contributed by atoms with Crippen LogP contribution in [0.15, 0.2) is 48.7 Å². The van der Waals surface area contributed by atoms with Gasteiger partial charge in [0.2, 0.25) is 0 Å². The largest absolute Gasteiger partial charge is 0.361 e. The van der Waals surface area contributed by atoms with Gasteiger partial charge in [-0.3, -0.25) is 0 Å². The first-order valence-electron chi connectivity index (χ1n) is 6.39. The smallest absolute Gasteiger partial charge is 0.113 e. The predicted molar refractivity (Wildman–Crippen MR) is 80.5 cm³/mol. The first-order chi connectivity index (χ1) is 8.68. The summed E-state index contributed by atoms with van der Waals surface area (Å²) in [5.74, 6) is 0. The van der Waals surface area contributed by atoms with Crippen LogP contribution < -0.4 is 10.4 Å². The molecule has 2 heterocycles. The van der Waals surface area contributed by atoms with E-state index in [-0.39, 0.29) is 0 Å². The van der Waals surface area contributed by atoms with Gasteiger partial charge < -0.3 is 4.98 Å². The van der Waals surface area contributed by atoms with Gasteiger partial charge in [0.1, 0.15) is 8.07 Å². The van der Waals surface area contributed by atoms with Gasteiger partial charge in [0.25, 0.3) is 0 Å². The van der Waals surface area contributed by atoms with Gasteiger partial charge in [0.15, 0.2) is 0 Å². The highest BCUT2D eigenvalue weighted by Gasteiger charge is 2.37. The summed E-state index contributed by atoms with van der Waals surface area (Å²) in [7, 11) is -1.49. The van der Waals surface area contributed by atoms with Gasteiger partial charge in [-0.1, -0.05) is 43.4 Å². The van der Waals surface area contributed by atoms with E-state index in [1.165, 1.54) is 22.0 Å². The topological polar surface area (TPSA) is 15.8 Å². The molecule has 2 aromatic carbocycles. The van der Waals surface area contributed by atoms with Gasteiger partial charge >= 0.3 is 0 Å². The van der Waals surface area contributed by atoms with Crippen molar-refractivity contribution in [2.75, 3.05) is 0 Å². The average molecular weight is 249 g/mol. The first kappa shape index (κ1) is 10.2. The molecule has 1 N–H and O–H groups in total. The van der Waals surface area contributed by atoms with Gasteiger partial charge in [-0.25, -0.2) is 0 Å². The van der Waals surface area contributed by atoms with Crippen LogP contribution in [0.1, 0.15) is 0 Å². The van der Waals surface area contributed by atoms with Crippen molar-refractivity contribution in [3.8, 4) is 11.1 Å². The molecule has 1 aromatic heterocycles. The lowest BCUT2D eigenvalue weighted by Gasteiger charge is -2.18. The Hall–Kier alpha value is -1.80. The number of H-pyrrole nitrogens is 1. The highest BCUT2D eigenvalue weighted by molar-refractivity contribution is 7.03. The van der Waals surface area contributed by atoms with E-state index in [0.29, 0.717) is 0 Å². The van der Waals surface area contributed by atoms with Crippen molar-refractivity contribution < 1.29 is 0 Å². The molecule has 1 aliphatic rings. The molecule has 2 heteroatoms. The number of fused-ring (bicyclic) bond motifs is 4. The zero-order valence-corrected chi connectivity index (χ0v) is 11.6. The fourth-order valence-electron chi connectivity index (χ4n) is 3.25. The minimum Gasteiger partial charge on any atom is -0.361 e. The minimum absolute atomic E-state index is 1.25. The second-order valence-electron chi connectivity index (χ2n) is 5.63. The van der Waals surface area contributed by atoms with Gasteiger partial charge in [-0.15, -0.1) is 0 Å². The fourth-order valence-corrected chi connectivity index (χ4v) is 6.34. The molecule has 0 aliphatic carbocycles. The summed E-state index contributed by atoms with van der Waals surface area (Å²) < 4.78 is 0. The Bertz CT molecular complexity index is 768. The predicted octanol–water partition coefficient (Wildman–Crippen LogP) is 2.97. The normalized spacial score (nSPS) is 15.7. The van der Waals surface area contributed by atoms with Gasteiger partial charge in [0.05, 0.1) is 0 Å². The van der Waals surface area contributed by atoms with Crippen LogP contribution in [0.25, 0.3) is 22.0 Å². The van der Waals surface area contributed by atoms with E-state index in [2.05, 4.69) is 60.5 Å². The molecule has 3 aromatic rings. The van der Waals surface area contributed by atoms with Crippen LogP contribution in [0.4, 0.5) is 0 Å². The van der Waals surface area contributed by atoms with Crippen molar-refractivity contribution in [3.05, 3.63) is 48.7 Å². The summed E-state index contributed by atoms with van der Waals surface area (Å²) in [6.07, 6.45) is 2.03. The van der Waals surface area contributed by atoms with Crippen molar-refractivity contribution >= 4 is 29.4 Å².